The summed E-state index contributed by atoms with van der Waals surface area (Å²) in [5.41, 5.74) is 2.47. The average molecular weight is 298 g/mol. The molecule has 0 saturated carbocycles. The molecule has 8 nitrogen and oxygen atoms in total. The number of halogens is 1. The molecule has 1 unspecified atom stereocenters. The van der Waals surface area contributed by atoms with Crippen LogP contribution < -0.4 is 16.6 Å². The molecule has 0 radical (unpaired) electrons. The number of anilines is 1. The van der Waals surface area contributed by atoms with Crippen molar-refractivity contribution in [3.8, 4) is 0 Å². The van der Waals surface area contributed by atoms with Crippen molar-refractivity contribution in [3.05, 3.63) is 22.8 Å². The molecule has 1 aromatic heterocycles. The van der Waals surface area contributed by atoms with Gasteiger partial charge in [0.2, 0.25) is 11.8 Å². The number of nitrogens with two attached hydrogens (primary N) is 1. The molecule has 106 valence electrons. The maximum Gasteiger partial charge on any atom is 0.255 e. The van der Waals surface area contributed by atoms with E-state index in [-0.39, 0.29) is 23.1 Å². The Balaban J connectivity index is 2.32. The van der Waals surface area contributed by atoms with Gasteiger partial charge in [-0.1, -0.05) is 11.6 Å². The number of aromatic nitrogens is 1. The van der Waals surface area contributed by atoms with Gasteiger partial charge in [0.05, 0.1) is 0 Å². The van der Waals surface area contributed by atoms with Crippen molar-refractivity contribution in [2.75, 3.05) is 12.0 Å². The van der Waals surface area contributed by atoms with Crippen LogP contribution in [0.1, 0.15) is 17.3 Å². The van der Waals surface area contributed by atoms with Crippen LogP contribution in [0.15, 0.2) is 12.1 Å². The van der Waals surface area contributed by atoms with Crippen LogP contribution in [0, 0.1) is 0 Å². The third kappa shape index (κ3) is 2.70. The zero-order valence-electron chi connectivity index (χ0n) is 10.5. The Morgan fingerprint density at radius 2 is 2.25 bits per heavy atom. The molecule has 0 bridgehead atoms. The van der Waals surface area contributed by atoms with Gasteiger partial charge in [-0.2, -0.15) is 0 Å². The molecule has 1 aliphatic heterocycles. The van der Waals surface area contributed by atoms with E-state index in [1.54, 1.807) is 0 Å². The van der Waals surface area contributed by atoms with Crippen LogP contribution in [0.25, 0.3) is 0 Å². The molecule has 1 aromatic rings. The van der Waals surface area contributed by atoms with Gasteiger partial charge in [-0.3, -0.25) is 19.7 Å². The van der Waals surface area contributed by atoms with Crippen LogP contribution in [0.5, 0.6) is 0 Å². The molecule has 2 rings (SSSR count). The lowest BCUT2D eigenvalue weighted by Crippen LogP contribution is -2.58. The highest BCUT2D eigenvalue weighted by molar-refractivity contribution is 6.30. The summed E-state index contributed by atoms with van der Waals surface area (Å²) in [6.45, 7) is 1.33. The molecule has 1 atom stereocenters. The number of carbonyl (C=O) groups is 3. The van der Waals surface area contributed by atoms with Crippen LogP contribution in [0.4, 0.5) is 5.82 Å². The first-order chi connectivity index (χ1) is 9.42. The van der Waals surface area contributed by atoms with E-state index in [1.165, 1.54) is 19.1 Å². The largest absolute Gasteiger partial charge is 0.318 e. The number of hydrazine groups is 1. The lowest BCUT2D eigenvalue weighted by Gasteiger charge is -2.31. The highest BCUT2D eigenvalue weighted by Gasteiger charge is 2.34. The van der Waals surface area contributed by atoms with Gasteiger partial charge in [-0.15, -0.1) is 0 Å². The number of rotatable bonds is 2. The third-order valence-corrected chi connectivity index (χ3v) is 3.07. The zero-order valence-corrected chi connectivity index (χ0v) is 11.3. The molecule has 9 heteroatoms. The normalized spacial score (nSPS) is 18.8. The summed E-state index contributed by atoms with van der Waals surface area (Å²) in [4.78, 5) is 40.3. The minimum Gasteiger partial charge on any atom is -0.318 e. The summed E-state index contributed by atoms with van der Waals surface area (Å²) in [6.07, 6.45) is 0. The summed E-state index contributed by atoms with van der Waals surface area (Å²) < 4.78 is 0. The van der Waals surface area contributed by atoms with Crippen LogP contribution in [-0.2, 0) is 9.59 Å². The highest BCUT2D eigenvalue weighted by atomic mass is 35.5. The third-order valence-electron chi connectivity index (χ3n) is 2.87. The van der Waals surface area contributed by atoms with Gasteiger partial charge in [-0.05, 0) is 19.1 Å². The molecule has 20 heavy (non-hydrogen) atoms. The molecule has 3 amide bonds. The predicted molar refractivity (Wildman–Crippen MR) is 70.7 cm³/mol. The number of nitrogens with zero attached hydrogens (tertiary/aromatic N) is 2. The summed E-state index contributed by atoms with van der Waals surface area (Å²) >= 11 is 5.78. The molecule has 1 fully saturated rings. The Morgan fingerprint density at radius 1 is 1.55 bits per heavy atom. The Morgan fingerprint density at radius 3 is 2.90 bits per heavy atom. The van der Waals surface area contributed by atoms with Crippen molar-refractivity contribution in [2.45, 2.75) is 13.0 Å². The van der Waals surface area contributed by atoms with Crippen LogP contribution in [-0.4, -0.2) is 40.2 Å². The molecule has 0 spiro atoms. The second kappa shape index (κ2) is 5.43. The van der Waals surface area contributed by atoms with Crippen molar-refractivity contribution >= 4 is 35.1 Å². The van der Waals surface area contributed by atoms with Gasteiger partial charge < -0.3 is 10.3 Å². The summed E-state index contributed by atoms with van der Waals surface area (Å²) in [5.74, 6) is 3.88. The molecule has 2 heterocycles. The van der Waals surface area contributed by atoms with Gasteiger partial charge >= 0.3 is 0 Å². The zero-order chi connectivity index (χ0) is 14.9. The van der Waals surface area contributed by atoms with E-state index in [0.29, 0.717) is 0 Å². The predicted octanol–water partition coefficient (Wildman–Crippen LogP) is -0.492. The van der Waals surface area contributed by atoms with E-state index in [2.05, 4.69) is 15.7 Å². The van der Waals surface area contributed by atoms with E-state index in [4.69, 9.17) is 17.4 Å². The number of pyridine rings is 1. The molecule has 0 aromatic carbocycles. The fraction of sp³-hybridized carbons (Fsp3) is 0.273. The van der Waals surface area contributed by atoms with E-state index in [1.807, 2.05) is 0 Å². The van der Waals surface area contributed by atoms with E-state index >= 15 is 0 Å². The maximum absolute atomic E-state index is 12.4. The standard InChI is InChI=1S/C11H12ClN5O3/c1-5-10(19)15-9(18)4-17(5)11(20)6-2-7(12)14-8(3-6)16-13/h2-3,5H,4,13H2,1H3,(H,14,16)(H,15,18,19). The summed E-state index contributed by atoms with van der Waals surface area (Å²) in [6, 6.07) is 1.98. The van der Waals surface area contributed by atoms with E-state index in [9.17, 15) is 14.4 Å². The first-order valence-electron chi connectivity index (χ1n) is 5.71. The van der Waals surface area contributed by atoms with Crippen LogP contribution in [0.3, 0.4) is 0 Å². The van der Waals surface area contributed by atoms with Crippen LogP contribution >= 0.6 is 11.6 Å². The number of piperazine rings is 1. The molecule has 4 N–H and O–H groups in total. The van der Waals surface area contributed by atoms with Crippen molar-refractivity contribution in [2.24, 2.45) is 5.84 Å². The fourth-order valence-electron chi connectivity index (χ4n) is 1.82. The molecule has 1 aliphatic rings. The van der Waals surface area contributed by atoms with Crippen molar-refractivity contribution in [1.29, 1.82) is 0 Å². The number of nitrogen functional groups attached to an aromatic ring is 1. The Labute approximate surface area is 119 Å². The van der Waals surface area contributed by atoms with Gasteiger partial charge in [0.25, 0.3) is 5.91 Å². The summed E-state index contributed by atoms with van der Waals surface area (Å²) in [7, 11) is 0. The number of imide groups is 1. The Hall–Kier alpha value is -2.19. The highest BCUT2D eigenvalue weighted by Crippen LogP contribution is 2.17. The molecular weight excluding hydrogens is 286 g/mol. The quantitative estimate of drug-likeness (QED) is 0.293. The molecule has 1 saturated heterocycles. The van der Waals surface area contributed by atoms with Crippen molar-refractivity contribution in [3.63, 3.8) is 0 Å². The topological polar surface area (TPSA) is 117 Å². The number of nitrogens with one attached hydrogen (secondary N) is 2. The fourth-order valence-corrected chi connectivity index (χ4v) is 2.03. The lowest BCUT2D eigenvalue weighted by molar-refractivity contribution is -0.138. The smallest absolute Gasteiger partial charge is 0.255 e. The van der Waals surface area contributed by atoms with E-state index < -0.39 is 23.8 Å². The van der Waals surface area contributed by atoms with Crippen molar-refractivity contribution in [1.82, 2.24) is 15.2 Å². The maximum atomic E-state index is 12.4. The van der Waals surface area contributed by atoms with Gasteiger partial charge in [-0.25, -0.2) is 10.8 Å². The first-order valence-corrected chi connectivity index (χ1v) is 6.09. The average Bonchev–Trinajstić information content (AvgIpc) is 2.41. The SMILES string of the molecule is CC1C(=O)NC(=O)CN1C(=O)c1cc(Cl)nc(NN)c1. The minimum atomic E-state index is -0.749. The Kier molecular flexibility index (Phi) is 3.86. The number of carbonyl (C=O) groups excluding carboxylic acids is 3. The second-order valence-electron chi connectivity index (χ2n) is 4.23. The number of hydrogen-bond acceptors (Lipinski definition) is 6. The Bertz CT molecular complexity index is 591. The lowest BCUT2D eigenvalue weighted by atomic mass is 10.1. The van der Waals surface area contributed by atoms with Crippen molar-refractivity contribution < 1.29 is 14.4 Å². The number of amides is 3. The van der Waals surface area contributed by atoms with Crippen LogP contribution in [0.2, 0.25) is 5.15 Å². The molecule has 0 aliphatic carbocycles. The van der Waals surface area contributed by atoms with Gasteiger partial charge in [0.1, 0.15) is 23.6 Å². The van der Waals surface area contributed by atoms with E-state index in [0.717, 1.165) is 4.90 Å². The van der Waals surface area contributed by atoms with Gasteiger partial charge in [0, 0.05) is 5.56 Å². The molecular formula is C11H12ClN5O3. The monoisotopic (exact) mass is 297 g/mol. The second-order valence-corrected chi connectivity index (χ2v) is 4.62. The first kappa shape index (κ1) is 14.2. The number of hydrogen-bond donors (Lipinski definition) is 3. The van der Waals surface area contributed by atoms with Gasteiger partial charge in [0.15, 0.2) is 0 Å². The minimum absolute atomic E-state index is 0.0734. The summed E-state index contributed by atoms with van der Waals surface area (Å²) in [5, 5.41) is 2.23.